The summed E-state index contributed by atoms with van der Waals surface area (Å²) < 4.78 is 19.2. The minimum Gasteiger partial charge on any atom is -0.465 e. The second-order valence-corrected chi connectivity index (χ2v) is 6.08. The highest BCUT2D eigenvalue weighted by molar-refractivity contribution is 5.91. The molecule has 0 amide bonds. The predicted molar refractivity (Wildman–Crippen MR) is 107 cm³/mol. The SMILES string of the molecule is C=CC(=O)OCCCCCOC.COC(=O)c1ccc(-c2noc(C)n2)cc1C. The Morgan fingerprint density at radius 3 is 2.41 bits per heavy atom. The molecule has 1 aromatic heterocycles. The van der Waals surface area contributed by atoms with Crippen LogP contribution in [0.15, 0.2) is 35.4 Å². The maximum Gasteiger partial charge on any atom is 0.338 e. The van der Waals surface area contributed by atoms with Crippen LogP contribution in [0.25, 0.3) is 11.4 Å². The number of aromatic nitrogens is 2. The monoisotopic (exact) mass is 404 g/mol. The molecule has 0 saturated carbocycles. The number of rotatable bonds is 9. The van der Waals surface area contributed by atoms with Crippen LogP contribution in [0.5, 0.6) is 0 Å². The Balaban J connectivity index is 0.000000311. The molecular formula is C21H28N2O6. The third-order valence-electron chi connectivity index (χ3n) is 3.82. The summed E-state index contributed by atoms with van der Waals surface area (Å²) in [6.45, 7) is 8.11. The van der Waals surface area contributed by atoms with Gasteiger partial charge in [0, 0.05) is 32.3 Å². The van der Waals surface area contributed by atoms with Crippen LogP contribution in [-0.2, 0) is 19.0 Å². The molecular weight excluding hydrogens is 376 g/mol. The molecule has 0 saturated heterocycles. The van der Waals surface area contributed by atoms with Gasteiger partial charge in [-0.1, -0.05) is 17.8 Å². The molecule has 2 aromatic rings. The van der Waals surface area contributed by atoms with Crippen molar-refractivity contribution in [3.05, 3.63) is 47.9 Å². The zero-order chi connectivity index (χ0) is 21.6. The first kappa shape index (κ1) is 24.0. The fourth-order valence-corrected chi connectivity index (χ4v) is 2.32. The van der Waals surface area contributed by atoms with Gasteiger partial charge in [-0.3, -0.25) is 0 Å². The van der Waals surface area contributed by atoms with Gasteiger partial charge in [0.05, 0.1) is 19.3 Å². The molecule has 158 valence electrons. The number of carbonyl (C=O) groups excluding carboxylic acids is 2. The van der Waals surface area contributed by atoms with E-state index in [9.17, 15) is 9.59 Å². The van der Waals surface area contributed by atoms with Crippen molar-refractivity contribution < 1.29 is 28.3 Å². The smallest absolute Gasteiger partial charge is 0.338 e. The summed E-state index contributed by atoms with van der Waals surface area (Å²) in [5, 5.41) is 3.82. The average Bonchev–Trinajstić information content (AvgIpc) is 3.16. The number of methoxy groups -OCH3 is 2. The summed E-state index contributed by atoms with van der Waals surface area (Å²) in [4.78, 5) is 26.1. The second-order valence-electron chi connectivity index (χ2n) is 6.08. The highest BCUT2D eigenvalue weighted by Crippen LogP contribution is 2.20. The lowest BCUT2D eigenvalue weighted by molar-refractivity contribution is -0.137. The number of carbonyl (C=O) groups is 2. The molecule has 2 rings (SSSR count). The number of unbranched alkanes of at least 4 members (excludes halogenated alkanes) is 2. The summed E-state index contributed by atoms with van der Waals surface area (Å²) in [6.07, 6.45) is 4.11. The number of esters is 2. The first-order chi connectivity index (χ1) is 13.9. The van der Waals surface area contributed by atoms with Gasteiger partial charge in [-0.25, -0.2) is 9.59 Å². The Hall–Kier alpha value is -3.00. The Morgan fingerprint density at radius 2 is 1.86 bits per heavy atom. The van der Waals surface area contributed by atoms with Crippen molar-refractivity contribution in [1.82, 2.24) is 10.1 Å². The van der Waals surface area contributed by atoms with Crippen LogP contribution in [0.2, 0.25) is 0 Å². The van der Waals surface area contributed by atoms with E-state index in [1.807, 2.05) is 13.0 Å². The van der Waals surface area contributed by atoms with Crippen molar-refractivity contribution in [3.8, 4) is 11.4 Å². The van der Waals surface area contributed by atoms with Crippen LogP contribution in [0.1, 0.15) is 41.1 Å². The minimum atomic E-state index is -0.349. The molecule has 0 atom stereocenters. The number of hydrogen-bond donors (Lipinski definition) is 0. The number of aryl methyl sites for hydroxylation is 2. The van der Waals surface area contributed by atoms with E-state index >= 15 is 0 Å². The Labute approximate surface area is 170 Å². The quantitative estimate of drug-likeness (QED) is 0.354. The van der Waals surface area contributed by atoms with E-state index in [-0.39, 0.29) is 11.9 Å². The lowest BCUT2D eigenvalue weighted by Gasteiger charge is -2.04. The van der Waals surface area contributed by atoms with Gasteiger partial charge in [0.2, 0.25) is 11.7 Å². The van der Waals surface area contributed by atoms with Gasteiger partial charge in [0.25, 0.3) is 0 Å². The Bertz CT molecular complexity index is 800. The second kappa shape index (κ2) is 13.2. The van der Waals surface area contributed by atoms with Gasteiger partial charge >= 0.3 is 11.9 Å². The third-order valence-corrected chi connectivity index (χ3v) is 3.82. The molecule has 8 heteroatoms. The fraction of sp³-hybridized carbons (Fsp3) is 0.429. The molecule has 0 aliphatic heterocycles. The zero-order valence-electron chi connectivity index (χ0n) is 17.4. The Kier molecular flexibility index (Phi) is 11.0. The lowest BCUT2D eigenvalue weighted by Crippen LogP contribution is -2.03. The van der Waals surface area contributed by atoms with Crippen molar-refractivity contribution in [3.63, 3.8) is 0 Å². The predicted octanol–water partition coefficient (Wildman–Crippen LogP) is 3.67. The van der Waals surface area contributed by atoms with Crippen molar-refractivity contribution in [2.75, 3.05) is 27.4 Å². The normalized spacial score (nSPS) is 9.93. The summed E-state index contributed by atoms with van der Waals surface area (Å²) in [7, 11) is 3.04. The van der Waals surface area contributed by atoms with E-state index < -0.39 is 0 Å². The summed E-state index contributed by atoms with van der Waals surface area (Å²) >= 11 is 0. The van der Waals surface area contributed by atoms with E-state index in [4.69, 9.17) is 14.0 Å². The van der Waals surface area contributed by atoms with Gasteiger partial charge in [0.15, 0.2) is 0 Å². The molecule has 0 fully saturated rings. The van der Waals surface area contributed by atoms with E-state index in [2.05, 4.69) is 21.5 Å². The van der Waals surface area contributed by atoms with Crippen molar-refractivity contribution in [2.24, 2.45) is 0 Å². The minimum absolute atomic E-state index is 0.346. The number of hydrogen-bond acceptors (Lipinski definition) is 8. The Morgan fingerprint density at radius 1 is 1.14 bits per heavy atom. The number of nitrogens with zero attached hydrogens (tertiary/aromatic N) is 2. The molecule has 8 nitrogen and oxygen atoms in total. The molecule has 0 radical (unpaired) electrons. The van der Waals surface area contributed by atoms with Gasteiger partial charge in [-0.15, -0.1) is 0 Å². The van der Waals surface area contributed by atoms with Gasteiger partial charge in [0.1, 0.15) is 0 Å². The van der Waals surface area contributed by atoms with Crippen LogP contribution < -0.4 is 0 Å². The van der Waals surface area contributed by atoms with Crippen molar-refractivity contribution in [1.29, 1.82) is 0 Å². The first-order valence-electron chi connectivity index (χ1n) is 9.20. The molecule has 1 heterocycles. The summed E-state index contributed by atoms with van der Waals surface area (Å²) in [6, 6.07) is 5.29. The first-order valence-corrected chi connectivity index (χ1v) is 9.20. The highest BCUT2D eigenvalue weighted by Gasteiger charge is 2.12. The largest absolute Gasteiger partial charge is 0.465 e. The fourth-order valence-electron chi connectivity index (χ4n) is 2.32. The number of ether oxygens (including phenoxy) is 3. The maximum atomic E-state index is 11.4. The molecule has 0 spiro atoms. The van der Waals surface area contributed by atoms with Crippen LogP contribution in [0.3, 0.4) is 0 Å². The topological polar surface area (TPSA) is 101 Å². The average molecular weight is 404 g/mol. The molecule has 0 aliphatic rings. The van der Waals surface area contributed by atoms with Gasteiger partial charge < -0.3 is 18.7 Å². The summed E-state index contributed by atoms with van der Waals surface area (Å²) in [5.41, 5.74) is 2.17. The maximum absolute atomic E-state index is 11.4. The third kappa shape index (κ3) is 8.69. The molecule has 0 N–H and O–H groups in total. The van der Waals surface area contributed by atoms with E-state index in [1.165, 1.54) is 13.2 Å². The van der Waals surface area contributed by atoms with Crippen LogP contribution in [0, 0.1) is 13.8 Å². The van der Waals surface area contributed by atoms with E-state index in [0.29, 0.717) is 23.9 Å². The van der Waals surface area contributed by atoms with E-state index in [0.717, 1.165) is 37.0 Å². The summed E-state index contributed by atoms with van der Waals surface area (Å²) in [5.74, 6) is 0.330. The van der Waals surface area contributed by atoms with Gasteiger partial charge in [-0.05, 0) is 43.9 Å². The van der Waals surface area contributed by atoms with Crippen LogP contribution in [0.4, 0.5) is 0 Å². The zero-order valence-corrected chi connectivity index (χ0v) is 17.4. The van der Waals surface area contributed by atoms with Gasteiger partial charge in [-0.2, -0.15) is 4.98 Å². The van der Waals surface area contributed by atoms with Crippen LogP contribution >= 0.6 is 0 Å². The highest BCUT2D eigenvalue weighted by atomic mass is 16.5. The van der Waals surface area contributed by atoms with E-state index in [1.54, 1.807) is 26.2 Å². The molecule has 0 bridgehead atoms. The molecule has 0 aliphatic carbocycles. The lowest BCUT2D eigenvalue weighted by atomic mass is 10.0. The van der Waals surface area contributed by atoms with Crippen molar-refractivity contribution >= 4 is 11.9 Å². The molecule has 29 heavy (non-hydrogen) atoms. The number of benzene rings is 1. The standard InChI is InChI=1S/C12H12N2O3.C9H16O3/c1-7-6-9(11-13-8(2)17-14-11)4-5-10(7)12(15)16-3;1-3-9(10)12-8-6-4-5-7-11-2/h4-6H,1-3H3;3H,1,4-8H2,2H3. The molecule has 0 unspecified atom stereocenters. The van der Waals surface area contributed by atoms with Crippen LogP contribution in [-0.4, -0.2) is 49.5 Å². The molecule has 1 aromatic carbocycles. The van der Waals surface area contributed by atoms with Crippen molar-refractivity contribution in [2.45, 2.75) is 33.1 Å².